The predicted octanol–water partition coefficient (Wildman–Crippen LogP) is 1.13. The molecule has 0 saturated heterocycles. The summed E-state index contributed by atoms with van der Waals surface area (Å²) in [5, 5.41) is 11.6. The predicted molar refractivity (Wildman–Crippen MR) is 65.9 cm³/mol. The van der Waals surface area contributed by atoms with Gasteiger partial charge in [0.1, 0.15) is 4.86 Å². The highest BCUT2D eigenvalue weighted by molar-refractivity contribution is 7.67. The average Bonchev–Trinajstić information content (AvgIpc) is 2.33. The Kier molecular flexibility index (Phi) is 3.31. The van der Waals surface area contributed by atoms with E-state index in [-0.39, 0.29) is 6.04 Å². The van der Waals surface area contributed by atoms with Crippen LogP contribution in [0.25, 0.3) is 0 Å². The molecule has 0 aliphatic carbocycles. The summed E-state index contributed by atoms with van der Waals surface area (Å²) in [6.45, 7) is 0. The van der Waals surface area contributed by atoms with Crippen LogP contribution in [0.4, 0.5) is 0 Å². The second kappa shape index (κ2) is 4.90. The van der Waals surface area contributed by atoms with E-state index in [0.29, 0.717) is 22.5 Å². The largest absolute Gasteiger partial charge is 0.623 e. The van der Waals surface area contributed by atoms with E-state index in [9.17, 15) is 9.42 Å². The SMILES string of the molecule is O=S=C1C=CC=[N+]([O-])C1Cc1ccccc1. The quantitative estimate of drug-likeness (QED) is 0.436. The smallest absolute Gasteiger partial charge is 0.204 e. The summed E-state index contributed by atoms with van der Waals surface area (Å²) in [7, 11) is 0. The van der Waals surface area contributed by atoms with Crippen LogP contribution in [0.3, 0.4) is 0 Å². The van der Waals surface area contributed by atoms with Crippen LogP contribution in [0.1, 0.15) is 5.56 Å². The van der Waals surface area contributed by atoms with Gasteiger partial charge in [-0.15, -0.1) is 0 Å². The fourth-order valence-corrected chi connectivity index (χ4v) is 2.11. The summed E-state index contributed by atoms with van der Waals surface area (Å²) in [5.74, 6) is 0. The molecule has 1 aliphatic rings. The minimum atomic E-state index is -0.380. The third kappa shape index (κ3) is 2.28. The van der Waals surface area contributed by atoms with Crippen molar-refractivity contribution in [3.63, 3.8) is 0 Å². The van der Waals surface area contributed by atoms with Gasteiger partial charge in [0.25, 0.3) is 0 Å². The summed E-state index contributed by atoms with van der Waals surface area (Å²) in [4.78, 5) is 0.571. The molecule has 0 bridgehead atoms. The Bertz CT molecular complexity index is 487. The molecule has 1 atom stereocenters. The number of nitrogens with zero attached hydrogens (tertiary/aromatic N) is 1. The van der Waals surface area contributed by atoms with E-state index in [1.165, 1.54) is 6.21 Å². The van der Waals surface area contributed by atoms with E-state index >= 15 is 0 Å². The van der Waals surface area contributed by atoms with E-state index in [1.54, 1.807) is 12.2 Å². The van der Waals surface area contributed by atoms with E-state index < -0.39 is 0 Å². The molecular weight excluding hydrogens is 222 g/mol. The monoisotopic (exact) mass is 233 g/mol. The lowest BCUT2D eigenvalue weighted by Gasteiger charge is -2.17. The number of rotatable bonds is 2. The maximum atomic E-state index is 11.6. The van der Waals surface area contributed by atoms with Crippen LogP contribution in [0.5, 0.6) is 0 Å². The fraction of sp³-hybridized carbons (Fsp3) is 0.167. The van der Waals surface area contributed by atoms with Gasteiger partial charge in [-0.05, 0) is 11.6 Å². The maximum absolute atomic E-state index is 11.6. The lowest BCUT2D eigenvalue weighted by molar-refractivity contribution is -0.475. The first-order valence-corrected chi connectivity index (χ1v) is 5.73. The van der Waals surface area contributed by atoms with Gasteiger partial charge in [-0.2, -0.15) is 0 Å². The summed E-state index contributed by atoms with van der Waals surface area (Å²) in [5.41, 5.74) is 1.06. The van der Waals surface area contributed by atoms with Gasteiger partial charge < -0.3 is 5.21 Å². The molecule has 1 aromatic rings. The molecule has 82 valence electrons. The van der Waals surface area contributed by atoms with Crippen molar-refractivity contribution < 1.29 is 8.95 Å². The Morgan fingerprint density at radius 3 is 2.75 bits per heavy atom. The first kappa shape index (κ1) is 10.8. The van der Waals surface area contributed by atoms with Gasteiger partial charge in [-0.1, -0.05) is 30.3 Å². The summed E-state index contributed by atoms with van der Waals surface area (Å²) >= 11 is 0.395. The van der Waals surface area contributed by atoms with Crippen LogP contribution in [-0.2, 0) is 17.7 Å². The second-order valence-electron chi connectivity index (χ2n) is 3.56. The molecule has 0 saturated carbocycles. The molecule has 0 amide bonds. The van der Waals surface area contributed by atoms with Crippen molar-refractivity contribution in [3.8, 4) is 0 Å². The highest BCUT2D eigenvalue weighted by Gasteiger charge is 2.23. The van der Waals surface area contributed by atoms with Gasteiger partial charge in [0.2, 0.25) is 6.04 Å². The molecule has 2 rings (SSSR count). The molecule has 0 fully saturated rings. The third-order valence-corrected chi connectivity index (χ3v) is 3.10. The molecule has 0 N–H and O–H groups in total. The van der Waals surface area contributed by atoms with Crippen LogP contribution < -0.4 is 0 Å². The van der Waals surface area contributed by atoms with Crippen LogP contribution in [0.15, 0.2) is 42.5 Å². The molecule has 3 nitrogen and oxygen atoms in total. The number of hydroxylamine groups is 1. The van der Waals surface area contributed by atoms with Crippen LogP contribution in [-0.4, -0.2) is 26.1 Å². The summed E-state index contributed by atoms with van der Waals surface area (Å²) in [6, 6.07) is 9.32. The lowest BCUT2D eigenvalue weighted by Crippen LogP contribution is -2.34. The number of hydrogen-bond donors (Lipinski definition) is 0. The minimum Gasteiger partial charge on any atom is -0.623 e. The Balaban J connectivity index is 2.24. The van der Waals surface area contributed by atoms with Gasteiger partial charge in [-0.25, -0.2) is 8.95 Å². The molecule has 0 radical (unpaired) electrons. The number of hydrogen-bond acceptors (Lipinski definition) is 2. The van der Waals surface area contributed by atoms with Gasteiger partial charge in [0, 0.05) is 12.5 Å². The first-order valence-electron chi connectivity index (χ1n) is 4.99. The molecular formula is C12H11NO2S. The minimum absolute atomic E-state index is 0.380. The van der Waals surface area contributed by atoms with Crippen molar-refractivity contribution >= 4 is 22.3 Å². The van der Waals surface area contributed by atoms with Crippen molar-refractivity contribution in [3.05, 3.63) is 53.3 Å². The lowest BCUT2D eigenvalue weighted by atomic mass is 10.0. The fourth-order valence-electron chi connectivity index (χ4n) is 1.67. The van der Waals surface area contributed by atoms with Crippen molar-refractivity contribution in [2.75, 3.05) is 0 Å². The summed E-state index contributed by atoms with van der Waals surface area (Å²) in [6.07, 6.45) is 5.33. The van der Waals surface area contributed by atoms with E-state index in [2.05, 4.69) is 0 Å². The van der Waals surface area contributed by atoms with Crippen molar-refractivity contribution in [1.29, 1.82) is 0 Å². The van der Waals surface area contributed by atoms with E-state index in [1.807, 2.05) is 30.3 Å². The molecule has 1 aromatic carbocycles. The molecule has 1 unspecified atom stereocenters. The molecule has 0 spiro atoms. The zero-order valence-electron chi connectivity index (χ0n) is 8.58. The molecule has 4 heteroatoms. The van der Waals surface area contributed by atoms with E-state index in [0.717, 1.165) is 10.3 Å². The van der Waals surface area contributed by atoms with Gasteiger partial charge in [0.05, 0.1) is 11.3 Å². The van der Waals surface area contributed by atoms with Crippen LogP contribution in [0.2, 0.25) is 0 Å². The normalized spacial score (nSPS) is 19.4. The van der Waals surface area contributed by atoms with Gasteiger partial charge in [-0.3, -0.25) is 0 Å². The topological polar surface area (TPSA) is 43.1 Å². The molecule has 1 aliphatic heterocycles. The Labute approximate surface area is 97.4 Å². The summed E-state index contributed by atoms with van der Waals surface area (Å²) < 4.78 is 11.7. The Morgan fingerprint density at radius 2 is 2.06 bits per heavy atom. The molecule has 0 aromatic heterocycles. The highest BCUT2D eigenvalue weighted by Crippen LogP contribution is 2.09. The van der Waals surface area contributed by atoms with Crippen LogP contribution in [0, 0.1) is 5.21 Å². The Hall–Kier alpha value is -1.68. The highest BCUT2D eigenvalue weighted by atomic mass is 32.1. The molecule has 1 heterocycles. The third-order valence-electron chi connectivity index (χ3n) is 2.50. The number of allylic oxidation sites excluding steroid dienone is 1. The van der Waals surface area contributed by atoms with Gasteiger partial charge in [0.15, 0.2) is 6.21 Å². The first-order chi connectivity index (χ1) is 7.81. The molecule has 16 heavy (non-hydrogen) atoms. The van der Waals surface area contributed by atoms with Crippen molar-refractivity contribution in [1.82, 2.24) is 0 Å². The number of benzene rings is 1. The standard InChI is InChI=1S/C12H11NO2S/c14-13-8-4-7-12(16-15)11(13)9-10-5-2-1-3-6-10/h1-8,11H,9H2. The Morgan fingerprint density at radius 1 is 1.31 bits per heavy atom. The zero-order chi connectivity index (χ0) is 11.4. The van der Waals surface area contributed by atoms with Crippen molar-refractivity contribution in [2.24, 2.45) is 0 Å². The van der Waals surface area contributed by atoms with Crippen molar-refractivity contribution in [2.45, 2.75) is 12.5 Å². The van der Waals surface area contributed by atoms with E-state index in [4.69, 9.17) is 0 Å². The average molecular weight is 233 g/mol. The zero-order valence-corrected chi connectivity index (χ0v) is 9.39. The maximum Gasteiger partial charge on any atom is 0.204 e. The second-order valence-corrected chi connectivity index (χ2v) is 4.20. The van der Waals surface area contributed by atoms with Gasteiger partial charge >= 0.3 is 0 Å². The van der Waals surface area contributed by atoms with Crippen LogP contribution >= 0.6 is 0 Å².